The van der Waals surface area contributed by atoms with Crippen LogP contribution in [-0.2, 0) is 62.7 Å². The fraction of sp³-hybridized carbons (Fsp3) is 0.629. The number of carbonyl (C=O) groups excluding carboxylic acids is 2. The van der Waals surface area contributed by atoms with E-state index >= 15 is 0 Å². The van der Waals surface area contributed by atoms with Crippen LogP contribution in [0.1, 0.15) is 161 Å². The number of aryl methyl sites for hydroxylation is 2. The minimum absolute atomic E-state index is 0.123. The van der Waals surface area contributed by atoms with Crippen LogP contribution >= 0.6 is 23.2 Å². The van der Waals surface area contributed by atoms with Gasteiger partial charge in [0.15, 0.2) is 0 Å². The molecule has 2 saturated carbocycles. The average Bonchev–Trinajstić information content (AvgIpc) is 1.34. The van der Waals surface area contributed by atoms with E-state index in [1.165, 1.54) is 22.3 Å². The number of hydrogen-bond acceptors (Lipinski definition) is 14. The Hall–Kier alpha value is -4.66. The summed E-state index contributed by atoms with van der Waals surface area (Å²) in [6.45, 7) is 15.0. The number of hydrogen-bond donors (Lipinski definition) is 2. The number of halogens is 2. The molecule has 14 rings (SSSR count). The Kier molecular flexibility index (Phi) is 18.2. The van der Waals surface area contributed by atoms with Gasteiger partial charge in [0.1, 0.15) is 11.5 Å². The van der Waals surface area contributed by atoms with E-state index < -0.39 is 42.4 Å². The van der Waals surface area contributed by atoms with E-state index in [-0.39, 0.29) is 33.9 Å². The molecule has 4 aromatic carbocycles. The van der Waals surface area contributed by atoms with Crippen molar-refractivity contribution in [1.29, 1.82) is 0 Å². The fourth-order valence-corrected chi connectivity index (χ4v) is 20.4. The Morgan fingerprint density at radius 3 is 1.32 bits per heavy atom. The van der Waals surface area contributed by atoms with Crippen molar-refractivity contribution in [2.45, 2.75) is 163 Å². The van der Waals surface area contributed by atoms with Gasteiger partial charge in [-0.25, -0.2) is 26.3 Å². The summed E-state index contributed by atoms with van der Waals surface area (Å²) in [5.74, 6) is 1.46. The maximum absolute atomic E-state index is 13.5. The van der Waals surface area contributed by atoms with Crippen molar-refractivity contribution in [1.82, 2.24) is 9.44 Å². The van der Waals surface area contributed by atoms with Gasteiger partial charge in [-0.05, 0) is 222 Å². The quantitative estimate of drug-likeness (QED) is 0.169. The standard InChI is InChI=1S/2C35H45ClN2O6S/c2*1-23-5-3-14-35(22-42-15-16-44-35)30-10-7-27(30)19-38-20-34(13-4-6-25-17-28(36)9-11-29(25)34)21-43-32-12-8-26(18-31(32)38)33(39)37-45(40,41)24(23)2/h2*8-9,11-12,17-18,23-24,27,30H,3-7,10,13-16,19-22H2,1-2H3,(H,37,39)/t2*23-,24+,27-,30+,34-,35+/m00/s1. The maximum Gasteiger partial charge on any atom is 0.264 e. The summed E-state index contributed by atoms with van der Waals surface area (Å²) < 4.78 is 97.0. The molecule has 2 amide bonds. The average molecular weight is 1310 g/mol. The number of amides is 2. The largest absolute Gasteiger partial charge is 0.490 e. The fourth-order valence-electron chi connectivity index (χ4n) is 17.4. The van der Waals surface area contributed by atoms with Crippen molar-refractivity contribution in [3.05, 3.63) is 116 Å². The number of rotatable bonds is 0. The van der Waals surface area contributed by atoms with Gasteiger partial charge in [0.2, 0.25) is 20.0 Å². The summed E-state index contributed by atoms with van der Waals surface area (Å²) in [4.78, 5) is 31.8. The summed E-state index contributed by atoms with van der Waals surface area (Å²) in [6.07, 6.45) is 15.2. The van der Waals surface area contributed by atoms with Crippen LogP contribution in [0, 0.1) is 35.5 Å². The Balaban J connectivity index is 0.000000165. The van der Waals surface area contributed by atoms with Crippen molar-refractivity contribution in [2.24, 2.45) is 35.5 Å². The molecule has 4 bridgehead atoms. The second-order valence-electron chi connectivity index (χ2n) is 28.5. The lowest BCUT2D eigenvalue weighted by Gasteiger charge is -2.53. The summed E-state index contributed by atoms with van der Waals surface area (Å²) in [6, 6.07) is 23.2. The number of carbonyl (C=O) groups is 2. The molecule has 6 aliphatic heterocycles. The number of nitrogens with zero attached hydrogens (tertiary/aromatic N) is 2. The molecule has 6 heterocycles. The Morgan fingerprint density at radius 1 is 0.500 bits per heavy atom. The Labute approximate surface area is 542 Å². The molecular formula is C70H90Cl2N4O12S2. The van der Waals surface area contributed by atoms with E-state index in [0.29, 0.717) is 87.7 Å². The van der Waals surface area contributed by atoms with Gasteiger partial charge in [-0.1, -0.05) is 62.0 Å². The first-order valence-electron chi connectivity index (χ1n) is 33.4. The van der Waals surface area contributed by atoms with Crippen molar-refractivity contribution < 1.29 is 54.8 Å². The highest BCUT2D eigenvalue weighted by molar-refractivity contribution is 7.91. The zero-order chi connectivity index (χ0) is 62.8. The molecule has 4 fully saturated rings. The first-order valence-corrected chi connectivity index (χ1v) is 37.2. The highest BCUT2D eigenvalue weighted by Crippen LogP contribution is 2.53. The number of anilines is 2. The molecule has 2 N–H and O–H groups in total. The lowest BCUT2D eigenvalue weighted by Crippen LogP contribution is -2.57. The number of fused-ring (bicyclic) bond motifs is 10. The summed E-state index contributed by atoms with van der Waals surface area (Å²) in [5.41, 5.74) is 6.23. The molecule has 488 valence electrons. The van der Waals surface area contributed by atoms with Crippen LogP contribution < -0.4 is 28.7 Å². The van der Waals surface area contributed by atoms with E-state index in [9.17, 15) is 26.4 Å². The number of benzene rings is 4. The lowest BCUT2D eigenvalue weighted by molar-refractivity contribution is -0.212. The summed E-state index contributed by atoms with van der Waals surface area (Å²) in [5, 5.41) is 0.0666. The van der Waals surface area contributed by atoms with E-state index in [0.717, 1.165) is 162 Å². The molecule has 0 unspecified atom stereocenters. The van der Waals surface area contributed by atoms with Gasteiger partial charge in [0.05, 0.1) is 85.9 Å². The zero-order valence-electron chi connectivity index (χ0n) is 52.7. The van der Waals surface area contributed by atoms with Crippen molar-refractivity contribution in [3.8, 4) is 11.5 Å². The molecule has 10 aliphatic rings. The highest BCUT2D eigenvalue weighted by atomic mass is 35.5. The molecule has 4 aromatic rings. The first kappa shape index (κ1) is 64.1. The molecule has 0 aromatic heterocycles. The normalized spacial score (nSPS) is 34.9. The Morgan fingerprint density at radius 2 is 0.933 bits per heavy atom. The molecule has 0 radical (unpaired) electrons. The van der Waals surface area contributed by atoms with E-state index in [1.807, 2.05) is 50.2 Å². The molecule has 12 atom stereocenters. The monoisotopic (exact) mass is 1310 g/mol. The second-order valence-corrected chi connectivity index (χ2v) is 33.4. The molecule has 20 heteroatoms. The molecule has 16 nitrogen and oxygen atoms in total. The number of ether oxygens (including phenoxy) is 6. The number of nitrogens with one attached hydrogen (secondary N) is 2. The van der Waals surface area contributed by atoms with Crippen LogP contribution in [0.15, 0.2) is 72.8 Å². The van der Waals surface area contributed by atoms with Gasteiger partial charge < -0.3 is 38.2 Å². The predicted molar refractivity (Wildman–Crippen MR) is 350 cm³/mol. The predicted octanol–water partition coefficient (Wildman–Crippen LogP) is 11.8. The molecule has 2 saturated heterocycles. The third-order valence-electron chi connectivity index (χ3n) is 23.2. The molecular weight excluding hydrogens is 1220 g/mol. The van der Waals surface area contributed by atoms with Gasteiger partial charge in [-0.2, -0.15) is 0 Å². The zero-order valence-corrected chi connectivity index (χ0v) is 55.9. The third kappa shape index (κ3) is 12.4. The van der Waals surface area contributed by atoms with Crippen molar-refractivity contribution >= 4 is 66.4 Å². The first-order chi connectivity index (χ1) is 43.2. The maximum atomic E-state index is 13.5. The molecule has 4 spiro atoms. The minimum Gasteiger partial charge on any atom is -0.490 e. The van der Waals surface area contributed by atoms with Crippen LogP contribution in [0.2, 0.25) is 10.0 Å². The Bertz CT molecular complexity index is 3350. The van der Waals surface area contributed by atoms with Crippen molar-refractivity contribution in [3.63, 3.8) is 0 Å². The van der Waals surface area contributed by atoms with Crippen LogP contribution in [0.25, 0.3) is 0 Å². The van der Waals surface area contributed by atoms with Crippen LogP contribution in [0.3, 0.4) is 0 Å². The summed E-state index contributed by atoms with van der Waals surface area (Å²) >= 11 is 12.9. The second kappa shape index (κ2) is 25.6. The third-order valence-corrected chi connectivity index (χ3v) is 27.5. The van der Waals surface area contributed by atoms with E-state index in [1.54, 1.807) is 26.0 Å². The van der Waals surface area contributed by atoms with Gasteiger partial charge >= 0.3 is 0 Å². The van der Waals surface area contributed by atoms with Crippen LogP contribution in [-0.4, -0.2) is 129 Å². The lowest BCUT2D eigenvalue weighted by atomic mass is 9.62. The highest BCUT2D eigenvalue weighted by Gasteiger charge is 2.54. The van der Waals surface area contributed by atoms with Gasteiger partial charge in [-0.15, -0.1) is 0 Å². The minimum atomic E-state index is -3.89. The molecule has 90 heavy (non-hydrogen) atoms. The number of sulfonamides is 2. The van der Waals surface area contributed by atoms with Gasteiger partial charge in [-0.3, -0.25) is 9.59 Å². The summed E-state index contributed by atoms with van der Waals surface area (Å²) in [7, 11) is -7.78. The topological polar surface area (TPSA) is 188 Å². The molecule has 4 aliphatic carbocycles. The van der Waals surface area contributed by atoms with Crippen molar-refractivity contribution in [2.75, 3.05) is 88.8 Å². The van der Waals surface area contributed by atoms with E-state index in [4.69, 9.17) is 51.6 Å². The van der Waals surface area contributed by atoms with Gasteiger partial charge in [0.25, 0.3) is 11.8 Å². The SMILES string of the molecule is C[C@@H]1[C@@H](C)CCC[C@@]2(COCCO2)[C@@H]2CC[C@H]2CN2C[C@@]3(CCCc4cc(Cl)ccc43)COc3ccc(cc32)C(=O)NS1(=O)=O.C[C@@H]1[C@@H](C)CCC[C@@]2(COCCO2)[C@@H]2CC[C@H]2CN2C[C@@]3(CCCc4cc(Cl)ccc43)COc3ccc(cc32)C(=O)NS1(=O)=O. The smallest absolute Gasteiger partial charge is 0.264 e. The van der Waals surface area contributed by atoms with Crippen LogP contribution in [0.4, 0.5) is 11.4 Å². The van der Waals surface area contributed by atoms with E-state index in [2.05, 4.69) is 43.5 Å². The van der Waals surface area contributed by atoms with Crippen LogP contribution in [0.5, 0.6) is 11.5 Å². The van der Waals surface area contributed by atoms with Gasteiger partial charge in [0, 0.05) is 58.2 Å².